The summed E-state index contributed by atoms with van der Waals surface area (Å²) < 4.78 is 0. The minimum atomic E-state index is -0.498. The second-order valence-electron chi connectivity index (χ2n) is 5.62. The molecule has 0 aromatic heterocycles. The molecule has 1 rings (SSSR count). The van der Waals surface area contributed by atoms with Gasteiger partial charge in [-0.1, -0.05) is 12.8 Å². The number of carbonyl (C=O) groups excluding carboxylic acids is 2. The third kappa shape index (κ3) is 4.64. The molecule has 2 amide bonds. The SMILES string of the molecule is CNC(=O)C(C)(C)CNCC(=O)NC1CCCC1. The Hall–Kier alpha value is -1.10. The smallest absolute Gasteiger partial charge is 0.234 e. The molecule has 1 saturated carbocycles. The van der Waals surface area contributed by atoms with Crippen molar-refractivity contribution in [2.75, 3.05) is 20.1 Å². The number of amides is 2. The molecular formula is C13H25N3O2. The van der Waals surface area contributed by atoms with E-state index < -0.39 is 5.41 Å². The number of carbonyl (C=O) groups is 2. The van der Waals surface area contributed by atoms with E-state index in [4.69, 9.17) is 0 Å². The first-order chi connectivity index (χ1) is 8.45. The second kappa shape index (κ2) is 6.73. The van der Waals surface area contributed by atoms with E-state index in [1.165, 1.54) is 12.8 Å². The Bertz CT molecular complexity index is 297. The van der Waals surface area contributed by atoms with Crippen LogP contribution in [0.1, 0.15) is 39.5 Å². The van der Waals surface area contributed by atoms with E-state index in [0.29, 0.717) is 12.6 Å². The number of rotatable bonds is 6. The first-order valence-electron chi connectivity index (χ1n) is 6.68. The minimum absolute atomic E-state index is 0.0220. The predicted molar refractivity (Wildman–Crippen MR) is 71.1 cm³/mol. The lowest BCUT2D eigenvalue weighted by Gasteiger charge is -2.23. The fourth-order valence-electron chi connectivity index (χ4n) is 2.26. The van der Waals surface area contributed by atoms with Crippen LogP contribution in [0, 0.1) is 5.41 Å². The van der Waals surface area contributed by atoms with Gasteiger partial charge in [0.25, 0.3) is 0 Å². The van der Waals surface area contributed by atoms with E-state index in [1.807, 2.05) is 13.8 Å². The van der Waals surface area contributed by atoms with Crippen molar-refractivity contribution in [3.05, 3.63) is 0 Å². The highest BCUT2D eigenvalue weighted by atomic mass is 16.2. The molecule has 0 spiro atoms. The lowest BCUT2D eigenvalue weighted by atomic mass is 9.92. The Labute approximate surface area is 109 Å². The van der Waals surface area contributed by atoms with Crippen LogP contribution in [0.4, 0.5) is 0 Å². The quantitative estimate of drug-likeness (QED) is 0.644. The Morgan fingerprint density at radius 1 is 1.22 bits per heavy atom. The molecule has 1 aliphatic rings. The van der Waals surface area contributed by atoms with Gasteiger partial charge >= 0.3 is 0 Å². The van der Waals surface area contributed by atoms with E-state index in [-0.39, 0.29) is 18.4 Å². The normalized spacial score (nSPS) is 16.6. The van der Waals surface area contributed by atoms with Crippen LogP contribution in [0.5, 0.6) is 0 Å². The second-order valence-corrected chi connectivity index (χ2v) is 5.62. The Balaban J connectivity index is 2.20. The zero-order valence-corrected chi connectivity index (χ0v) is 11.6. The van der Waals surface area contributed by atoms with Crippen molar-refractivity contribution >= 4 is 11.8 Å². The molecule has 5 nitrogen and oxygen atoms in total. The zero-order chi connectivity index (χ0) is 13.6. The summed E-state index contributed by atoms with van der Waals surface area (Å²) in [5.74, 6) is 0.000748. The van der Waals surface area contributed by atoms with E-state index in [9.17, 15) is 9.59 Å². The van der Waals surface area contributed by atoms with Crippen LogP contribution in [0.2, 0.25) is 0 Å². The molecule has 1 fully saturated rings. The molecular weight excluding hydrogens is 230 g/mol. The van der Waals surface area contributed by atoms with Gasteiger partial charge in [-0.05, 0) is 26.7 Å². The predicted octanol–water partition coefficient (Wildman–Crippen LogP) is 0.407. The van der Waals surface area contributed by atoms with Crippen LogP contribution in [0.25, 0.3) is 0 Å². The number of hydrogen-bond donors (Lipinski definition) is 3. The van der Waals surface area contributed by atoms with E-state index in [0.717, 1.165) is 12.8 Å². The fourth-order valence-corrected chi connectivity index (χ4v) is 2.26. The van der Waals surface area contributed by atoms with Gasteiger partial charge in [0.2, 0.25) is 11.8 Å². The molecule has 0 radical (unpaired) electrons. The molecule has 5 heteroatoms. The summed E-state index contributed by atoms with van der Waals surface area (Å²) in [6.45, 7) is 4.48. The summed E-state index contributed by atoms with van der Waals surface area (Å²) in [5, 5.41) is 8.67. The molecule has 3 N–H and O–H groups in total. The van der Waals surface area contributed by atoms with E-state index >= 15 is 0 Å². The first-order valence-corrected chi connectivity index (χ1v) is 6.68. The zero-order valence-electron chi connectivity index (χ0n) is 11.6. The van der Waals surface area contributed by atoms with Gasteiger partial charge < -0.3 is 16.0 Å². The van der Waals surface area contributed by atoms with Crippen molar-refractivity contribution in [3.8, 4) is 0 Å². The number of nitrogens with one attached hydrogen (secondary N) is 3. The Kier molecular flexibility index (Phi) is 5.59. The largest absolute Gasteiger partial charge is 0.359 e. The molecule has 0 saturated heterocycles. The summed E-state index contributed by atoms with van der Waals surface area (Å²) >= 11 is 0. The molecule has 0 aromatic rings. The lowest BCUT2D eigenvalue weighted by Crippen LogP contribution is -2.45. The average Bonchev–Trinajstić information content (AvgIpc) is 2.80. The van der Waals surface area contributed by atoms with Crippen LogP contribution in [0.15, 0.2) is 0 Å². The van der Waals surface area contributed by atoms with Crippen molar-refractivity contribution in [3.63, 3.8) is 0 Å². The lowest BCUT2D eigenvalue weighted by molar-refractivity contribution is -0.129. The summed E-state index contributed by atoms with van der Waals surface area (Å²) in [6.07, 6.45) is 4.61. The topological polar surface area (TPSA) is 70.2 Å². The Morgan fingerprint density at radius 2 is 1.83 bits per heavy atom. The highest BCUT2D eigenvalue weighted by Crippen LogP contribution is 2.17. The monoisotopic (exact) mass is 255 g/mol. The molecule has 0 aromatic carbocycles. The molecule has 0 aliphatic heterocycles. The van der Waals surface area contributed by atoms with Crippen LogP contribution in [0.3, 0.4) is 0 Å². The molecule has 1 aliphatic carbocycles. The highest BCUT2D eigenvalue weighted by molar-refractivity contribution is 5.82. The third-order valence-corrected chi connectivity index (χ3v) is 3.41. The van der Waals surface area contributed by atoms with E-state index in [2.05, 4.69) is 16.0 Å². The van der Waals surface area contributed by atoms with Crippen molar-refractivity contribution in [1.82, 2.24) is 16.0 Å². The molecule has 0 heterocycles. The van der Waals surface area contributed by atoms with Gasteiger partial charge in [0.15, 0.2) is 0 Å². The maximum Gasteiger partial charge on any atom is 0.234 e. The number of hydrogen-bond acceptors (Lipinski definition) is 3. The highest BCUT2D eigenvalue weighted by Gasteiger charge is 2.26. The van der Waals surface area contributed by atoms with Gasteiger partial charge in [0.05, 0.1) is 12.0 Å². The minimum Gasteiger partial charge on any atom is -0.359 e. The average molecular weight is 255 g/mol. The van der Waals surface area contributed by atoms with Crippen molar-refractivity contribution in [1.29, 1.82) is 0 Å². The molecule has 104 valence electrons. The van der Waals surface area contributed by atoms with Gasteiger partial charge in [-0.25, -0.2) is 0 Å². The van der Waals surface area contributed by atoms with Gasteiger partial charge in [-0.3, -0.25) is 9.59 Å². The van der Waals surface area contributed by atoms with Crippen LogP contribution in [-0.2, 0) is 9.59 Å². The molecule has 18 heavy (non-hydrogen) atoms. The van der Waals surface area contributed by atoms with Crippen molar-refractivity contribution in [2.45, 2.75) is 45.6 Å². The van der Waals surface area contributed by atoms with Crippen LogP contribution in [-0.4, -0.2) is 38.0 Å². The van der Waals surface area contributed by atoms with Gasteiger partial charge in [-0.15, -0.1) is 0 Å². The summed E-state index contributed by atoms with van der Waals surface area (Å²) in [7, 11) is 1.62. The maximum absolute atomic E-state index is 11.7. The summed E-state index contributed by atoms with van der Waals surface area (Å²) in [5.41, 5.74) is -0.498. The van der Waals surface area contributed by atoms with Crippen molar-refractivity contribution < 1.29 is 9.59 Å². The van der Waals surface area contributed by atoms with Gasteiger partial charge in [0.1, 0.15) is 0 Å². The van der Waals surface area contributed by atoms with Crippen LogP contribution < -0.4 is 16.0 Å². The molecule has 0 bridgehead atoms. The third-order valence-electron chi connectivity index (χ3n) is 3.41. The van der Waals surface area contributed by atoms with E-state index in [1.54, 1.807) is 7.05 Å². The Morgan fingerprint density at radius 3 is 2.39 bits per heavy atom. The van der Waals surface area contributed by atoms with Gasteiger partial charge in [0, 0.05) is 19.6 Å². The fraction of sp³-hybridized carbons (Fsp3) is 0.846. The summed E-state index contributed by atoms with van der Waals surface area (Å²) in [6, 6.07) is 0.353. The van der Waals surface area contributed by atoms with Crippen LogP contribution >= 0.6 is 0 Å². The molecule has 0 unspecified atom stereocenters. The maximum atomic E-state index is 11.7. The standard InChI is InChI=1S/C13H25N3O2/c1-13(2,12(18)14-3)9-15-8-11(17)16-10-6-4-5-7-10/h10,15H,4-9H2,1-3H3,(H,14,18)(H,16,17). The van der Waals surface area contributed by atoms with Gasteiger partial charge in [-0.2, -0.15) is 0 Å². The first kappa shape index (κ1) is 15.0. The molecule has 0 atom stereocenters. The van der Waals surface area contributed by atoms with Crippen molar-refractivity contribution in [2.24, 2.45) is 5.41 Å². The summed E-state index contributed by atoms with van der Waals surface area (Å²) in [4.78, 5) is 23.2.